The second-order valence-electron chi connectivity index (χ2n) is 8.37. The van der Waals surface area contributed by atoms with Crippen LogP contribution in [0, 0.1) is 0 Å². The fourth-order valence-corrected chi connectivity index (χ4v) is 3.69. The van der Waals surface area contributed by atoms with Crippen LogP contribution in [-0.4, -0.2) is 41.8 Å². The number of ketones is 1. The molecule has 0 fully saturated rings. The lowest BCUT2D eigenvalue weighted by Crippen LogP contribution is -2.32. The molecule has 0 aromatic heterocycles. The monoisotopic (exact) mass is 464 g/mol. The Morgan fingerprint density at radius 2 is 1.62 bits per heavy atom. The summed E-state index contributed by atoms with van der Waals surface area (Å²) in [5.41, 5.74) is 1.66. The minimum absolute atomic E-state index is 0.0711. The van der Waals surface area contributed by atoms with Crippen molar-refractivity contribution in [2.75, 3.05) is 14.2 Å². The highest BCUT2D eigenvalue weighted by molar-refractivity contribution is 6.10. The van der Waals surface area contributed by atoms with Gasteiger partial charge in [-0.2, -0.15) is 0 Å². The molecule has 34 heavy (non-hydrogen) atoms. The molecule has 7 nitrogen and oxygen atoms in total. The standard InChI is InChI=1S/C14H12O3.C13H16O4/c1-17-11-7-8-12(13(15)9-11)14(16)10-5-3-2-4-6-10;1-13(2)7-6-8-10(17-13)5-4-9(12(14)15)11(8)16-3/h2-9,15H,1H3;4-5H,6-7H2,1-3H3,(H,14,15). The topological polar surface area (TPSA) is 102 Å². The number of carbonyl (C=O) groups is 2. The van der Waals surface area contributed by atoms with E-state index >= 15 is 0 Å². The van der Waals surface area contributed by atoms with Crippen molar-refractivity contribution in [3.05, 3.63) is 82.9 Å². The van der Waals surface area contributed by atoms with Crippen molar-refractivity contribution in [2.45, 2.75) is 32.3 Å². The van der Waals surface area contributed by atoms with E-state index in [4.69, 9.17) is 19.3 Å². The van der Waals surface area contributed by atoms with Gasteiger partial charge in [0.15, 0.2) is 5.78 Å². The highest BCUT2D eigenvalue weighted by atomic mass is 16.5. The SMILES string of the molecule is COc1c(C(=O)O)ccc2c1CCC(C)(C)O2.COc1ccc(C(=O)c2ccccc2)c(O)c1. The number of fused-ring (bicyclic) bond motifs is 1. The molecule has 0 spiro atoms. The van der Waals surface area contributed by atoms with Crippen LogP contribution in [0.3, 0.4) is 0 Å². The number of benzene rings is 3. The maximum absolute atomic E-state index is 12.1. The maximum atomic E-state index is 12.1. The van der Waals surface area contributed by atoms with E-state index in [0.717, 1.165) is 24.2 Å². The highest BCUT2D eigenvalue weighted by Gasteiger charge is 2.30. The minimum atomic E-state index is -0.977. The van der Waals surface area contributed by atoms with E-state index < -0.39 is 5.97 Å². The number of carboxylic acids is 1. The fourth-order valence-electron chi connectivity index (χ4n) is 3.69. The molecule has 0 unspecified atom stereocenters. The van der Waals surface area contributed by atoms with Gasteiger partial charge in [0.1, 0.15) is 34.2 Å². The van der Waals surface area contributed by atoms with E-state index in [2.05, 4.69) is 0 Å². The van der Waals surface area contributed by atoms with Crippen LogP contribution >= 0.6 is 0 Å². The van der Waals surface area contributed by atoms with Crippen molar-refractivity contribution >= 4 is 11.8 Å². The third kappa shape index (κ3) is 5.49. The van der Waals surface area contributed by atoms with Gasteiger partial charge in [0, 0.05) is 17.2 Å². The number of phenols is 1. The molecule has 178 valence electrons. The summed E-state index contributed by atoms with van der Waals surface area (Å²) >= 11 is 0. The number of aromatic carboxylic acids is 1. The first kappa shape index (κ1) is 24.6. The molecule has 0 saturated heterocycles. The molecule has 4 rings (SSSR count). The summed E-state index contributed by atoms with van der Waals surface area (Å²) in [5.74, 6) is 0.416. The summed E-state index contributed by atoms with van der Waals surface area (Å²) in [6.07, 6.45) is 1.62. The van der Waals surface area contributed by atoms with Crippen molar-refractivity contribution in [1.82, 2.24) is 0 Å². The largest absolute Gasteiger partial charge is 0.507 e. The van der Waals surface area contributed by atoms with E-state index in [0.29, 0.717) is 17.1 Å². The average Bonchev–Trinajstić information content (AvgIpc) is 2.82. The van der Waals surface area contributed by atoms with Crippen LogP contribution in [0.2, 0.25) is 0 Å². The number of aromatic hydroxyl groups is 1. The van der Waals surface area contributed by atoms with Gasteiger partial charge >= 0.3 is 5.97 Å². The number of carbonyl (C=O) groups excluding carboxylic acids is 1. The zero-order valence-corrected chi connectivity index (χ0v) is 19.6. The van der Waals surface area contributed by atoms with Crippen LogP contribution < -0.4 is 14.2 Å². The number of hydrogen-bond acceptors (Lipinski definition) is 6. The van der Waals surface area contributed by atoms with Gasteiger partial charge in [0.25, 0.3) is 0 Å². The van der Waals surface area contributed by atoms with E-state index in [1.54, 1.807) is 42.5 Å². The Morgan fingerprint density at radius 3 is 2.21 bits per heavy atom. The van der Waals surface area contributed by atoms with Gasteiger partial charge in [0.2, 0.25) is 0 Å². The molecule has 0 bridgehead atoms. The van der Waals surface area contributed by atoms with Crippen molar-refractivity contribution in [3.8, 4) is 23.0 Å². The normalized spacial score (nSPS) is 13.4. The van der Waals surface area contributed by atoms with Crippen LogP contribution in [0.4, 0.5) is 0 Å². The molecular weight excluding hydrogens is 436 g/mol. The first-order chi connectivity index (χ1) is 16.2. The van der Waals surface area contributed by atoms with Crippen LogP contribution in [0.1, 0.15) is 52.1 Å². The van der Waals surface area contributed by atoms with Crippen molar-refractivity contribution in [2.24, 2.45) is 0 Å². The molecule has 2 N–H and O–H groups in total. The third-order valence-corrected chi connectivity index (χ3v) is 5.50. The van der Waals surface area contributed by atoms with E-state index in [1.807, 2.05) is 19.9 Å². The molecule has 0 atom stereocenters. The summed E-state index contributed by atoms with van der Waals surface area (Å²) in [5, 5.41) is 18.8. The Bertz CT molecular complexity index is 1180. The Kier molecular flexibility index (Phi) is 7.46. The number of rotatable bonds is 5. The molecule has 1 aliphatic rings. The maximum Gasteiger partial charge on any atom is 0.339 e. The first-order valence-corrected chi connectivity index (χ1v) is 10.8. The van der Waals surface area contributed by atoms with Crippen LogP contribution in [-0.2, 0) is 6.42 Å². The number of methoxy groups -OCH3 is 2. The van der Waals surface area contributed by atoms with Gasteiger partial charge < -0.3 is 24.4 Å². The number of ether oxygens (including phenoxy) is 3. The first-order valence-electron chi connectivity index (χ1n) is 10.8. The molecule has 3 aromatic carbocycles. The summed E-state index contributed by atoms with van der Waals surface area (Å²) < 4.78 is 16.0. The van der Waals surface area contributed by atoms with Crippen LogP contribution in [0.5, 0.6) is 23.0 Å². The highest BCUT2D eigenvalue weighted by Crippen LogP contribution is 2.40. The summed E-state index contributed by atoms with van der Waals surface area (Å²) in [6, 6.07) is 16.7. The smallest absolute Gasteiger partial charge is 0.339 e. The summed E-state index contributed by atoms with van der Waals surface area (Å²) in [7, 11) is 3.00. The van der Waals surface area contributed by atoms with Crippen LogP contribution in [0.25, 0.3) is 0 Å². The van der Waals surface area contributed by atoms with Gasteiger partial charge in [-0.1, -0.05) is 30.3 Å². The molecular formula is C27H28O7. The van der Waals surface area contributed by atoms with Gasteiger partial charge in [-0.25, -0.2) is 4.79 Å². The molecule has 0 amide bonds. The fraction of sp³-hybridized carbons (Fsp3) is 0.259. The Balaban J connectivity index is 0.000000191. The second-order valence-corrected chi connectivity index (χ2v) is 8.37. The second kappa shape index (κ2) is 10.3. The number of carboxylic acid groups (broad SMARTS) is 1. The molecule has 1 aliphatic heterocycles. The van der Waals surface area contributed by atoms with E-state index in [-0.39, 0.29) is 28.3 Å². The van der Waals surface area contributed by atoms with E-state index in [1.165, 1.54) is 26.4 Å². The van der Waals surface area contributed by atoms with Crippen LogP contribution in [0.15, 0.2) is 60.7 Å². The predicted octanol–water partition coefficient (Wildman–Crippen LogP) is 5.13. The molecule has 0 saturated carbocycles. The minimum Gasteiger partial charge on any atom is -0.507 e. The quantitative estimate of drug-likeness (QED) is 0.505. The third-order valence-electron chi connectivity index (χ3n) is 5.50. The lowest BCUT2D eigenvalue weighted by atomic mass is 9.92. The summed E-state index contributed by atoms with van der Waals surface area (Å²) in [4.78, 5) is 23.1. The van der Waals surface area contributed by atoms with Crippen molar-refractivity contribution in [1.29, 1.82) is 0 Å². The van der Waals surface area contributed by atoms with Crippen molar-refractivity contribution < 1.29 is 34.0 Å². The van der Waals surface area contributed by atoms with Gasteiger partial charge in [-0.05, 0) is 51.0 Å². The lowest BCUT2D eigenvalue weighted by molar-refractivity contribution is 0.0690. The number of hydrogen-bond donors (Lipinski definition) is 2. The Morgan fingerprint density at radius 1 is 0.941 bits per heavy atom. The van der Waals surface area contributed by atoms with Gasteiger partial charge in [-0.15, -0.1) is 0 Å². The van der Waals surface area contributed by atoms with Crippen molar-refractivity contribution in [3.63, 3.8) is 0 Å². The van der Waals surface area contributed by atoms with E-state index in [9.17, 15) is 14.7 Å². The zero-order chi connectivity index (χ0) is 24.9. The molecule has 1 heterocycles. The van der Waals surface area contributed by atoms with Gasteiger partial charge in [0.05, 0.1) is 19.8 Å². The van der Waals surface area contributed by atoms with Gasteiger partial charge in [-0.3, -0.25) is 4.79 Å². The summed E-state index contributed by atoms with van der Waals surface area (Å²) in [6.45, 7) is 4.04. The average molecular weight is 465 g/mol. The predicted molar refractivity (Wildman–Crippen MR) is 128 cm³/mol. The zero-order valence-electron chi connectivity index (χ0n) is 19.6. The number of phenolic OH excluding ortho intramolecular Hbond substituents is 1. The Labute approximate surface area is 198 Å². The molecule has 0 radical (unpaired) electrons. The lowest BCUT2D eigenvalue weighted by Gasteiger charge is -2.33. The molecule has 0 aliphatic carbocycles. The molecule has 3 aromatic rings. The molecule has 7 heteroatoms. The Hall–Kier alpha value is -4.00.